The lowest BCUT2D eigenvalue weighted by atomic mass is 10.3. The van der Waals surface area contributed by atoms with Gasteiger partial charge in [0.15, 0.2) is 11.6 Å². The molecule has 2 aromatic rings. The van der Waals surface area contributed by atoms with Gasteiger partial charge in [-0.1, -0.05) is 12.1 Å². The molecule has 2 rings (SSSR count). The molecule has 1 heterocycles. The zero-order valence-corrected chi connectivity index (χ0v) is 9.48. The van der Waals surface area contributed by atoms with E-state index in [1.54, 1.807) is 6.07 Å². The highest BCUT2D eigenvalue weighted by Gasteiger charge is 2.12. The maximum Gasteiger partial charge on any atom is 0.387 e. The van der Waals surface area contributed by atoms with Crippen LogP contribution in [0.3, 0.4) is 0 Å². The number of nitrogen functional groups attached to an aromatic ring is 1. The van der Waals surface area contributed by atoms with Gasteiger partial charge in [0, 0.05) is 0 Å². The van der Waals surface area contributed by atoms with Crippen LogP contribution in [0.1, 0.15) is 0 Å². The van der Waals surface area contributed by atoms with Crippen molar-refractivity contribution < 1.29 is 17.9 Å². The number of hydrogen-bond acceptors (Lipinski definition) is 5. The Bertz CT molecular complexity index is 580. The SMILES string of the molecule is Nc1ncc(F)c(Nc2ccccc2OC(F)F)n1. The van der Waals surface area contributed by atoms with Crippen molar-refractivity contribution in [3.63, 3.8) is 0 Å². The lowest BCUT2D eigenvalue weighted by molar-refractivity contribution is -0.0493. The number of hydrogen-bond donors (Lipinski definition) is 2. The molecule has 0 atom stereocenters. The molecule has 0 saturated carbocycles. The summed E-state index contributed by atoms with van der Waals surface area (Å²) in [4.78, 5) is 7.08. The average Bonchev–Trinajstić information content (AvgIpc) is 2.35. The van der Waals surface area contributed by atoms with Crippen molar-refractivity contribution in [2.24, 2.45) is 0 Å². The predicted octanol–water partition coefficient (Wildman–Crippen LogP) is 2.54. The Morgan fingerprint density at radius 2 is 2.00 bits per heavy atom. The van der Waals surface area contributed by atoms with Crippen LogP contribution in [-0.4, -0.2) is 16.6 Å². The van der Waals surface area contributed by atoms with Crippen LogP contribution in [0.25, 0.3) is 0 Å². The van der Waals surface area contributed by atoms with Gasteiger partial charge in [-0.05, 0) is 12.1 Å². The molecule has 1 aromatic carbocycles. The lowest BCUT2D eigenvalue weighted by Crippen LogP contribution is -2.06. The van der Waals surface area contributed by atoms with E-state index >= 15 is 0 Å². The maximum atomic E-state index is 13.4. The standard InChI is InChI=1S/C11H9F3N4O/c12-6-5-16-11(15)18-9(6)17-7-3-1-2-4-8(7)19-10(13)14/h1-5,10H,(H3,15,16,17,18). The highest BCUT2D eigenvalue weighted by atomic mass is 19.3. The van der Waals surface area contributed by atoms with Gasteiger partial charge in [-0.3, -0.25) is 0 Å². The first-order valence-electron chi connectivity index (χ1n) is 5.15. The Morgan fingerprint density at radius 3 is 2.74 bits per heavy atom. The van der Waals surface area contributed by atoms with Crippen molar-refractivity contribution in [3.05, 3.63) is 36.3 Å². The molecule has 5 nitrogen and oxygen atoms in total. The zero-order valence-electron chi connectivity index (χ0n) is 9.48. The molecule has 100 valence electrons. The summed E-state index contributed by atoms with van der Waals surface area (Å²) < 4.78 is 42.1. The smallest absolute Gasteiger partial charge is 0.387 e. The largest absolute Gasteiger partial charge is 0.433 e. The topological polar surface area (TPSA) is 73.1 Å². The van der Waals surface area contributed by atoms with Crippen molar-refractivity contribution >= 4 is 17.5 Å². The van der Waals surface area contributed by atoms with E-state index in [1.165, 1.54) is 18.2 Å². The van der Waals surface area contributed by atoms with Crippen molar-refractivity contribution in [1.29, 1.82) is 0 Å². The van der Waals surface area contributed by atoms with Crippen LogP contribution in [0.2, 0.25) is 0 Å². The molecule has 19 heavy (non-hydrogen) atoms. The van der Waals surface area contributed by atoms with Crippen molar-refractivity contribution in [3.8, 4) is 5.75 Å². The molecular formula is C11H9F3N4O. The first-order valence-corrected chi connectivity index (χ1v) is 5.15. The minimum atomic E-state index is -2.98. The number of benzene rings is 1. The summed E-state index contributed by atoms with van der Waals surface area (Å²) in [5, 5.41) is 2.52. The minimum Gasteiger partial charge on any atom is -0.433 e. The third-order valence-electron chi connectivity index (χ3n) is 2.12. The average molecular weight is 270 g/mol. The molecule has 0 radical (unpaired) electrons. The van der Waals surface area contributed by atoms with Gasteiger partial charge in [0.2, 0.25) is 5.95 Å². The van der Waals surface area contributed by atoms with E-state index in [0.717, 1.165) is 6.20 Å². The van der Waals surface area contributed by atoms with Crippen molar-refractivity contribution in [1.82, 2.24) is 9.97 Å². The molecule has 0 saturated heterocycles. The Balaban J connectivity index is 2.30. The number of ether oxygens (including phenoxy) is 1. The van der Waals surface area contributed by atoms with Crippen LogP contribution in [0.5, 0.6) is 5.75 Å². The summed E-state index contributed by atoms with van der Waals surface area (Å²) in [7, 11) is 0. The van der Waals surface area contributed by atoms with Gasteiger partial charge in [-0.15, -0.1) is 0 Å². The van der Waals surface area contributed by atoms with Crippen LogP contribution >= 0.6 is 0 Å². The second kappa shape index (κ2) is 5.42. The number of para-hydroxylation sites is 2. The molecule has 8 heteroatoms. The molecule has 0 amide bonds. The number of anilines is 3. The maximum absolute atomic E-state index is 13.4. The summed E-state index contributed by atoms with van der Waals surface area (Å²) in [6.45, 7) is -2.98. The number of nitrogens with zero attached hydrogens (tertiary/aromatic N) is 2. The summed E-state index contributed by atoms with van der Waals surface area (Å²) in [5.74, 6) is -1.26. The summed E-state index contributed by atoms with van der Waals surface area (Å²) >= 11 is 0. The number of nitrogens with two attached hydrogens (primary N) is 1. The van der Waals surface area contributed by atoms with Gasteiger partial charge in [-0.2, -0.15) is 13.8 Å². The Hall–Kier alpha value is -2.51. The summed E-state index contributed by atoms with van der Waals surface area (Å²) in [5.41, 5.74) is 5.46. The van der Waals surface area contributed by atoms with E-state index in [2.05, 4.69) is 20.0 Å². The molecule has 1 aromatic heterocycles. The number of alkyl halides is 2. The molecule has 0 aliphatic carbocycles. The molecule has 3 N–H and O–H groups in total. The highest BCUT2D eigenvalue weighted by molar-refractivity contribution is 5.64. The fourth-order valence-electron chi connectivity index (χ4n) is 1.36. The Morgan fingerprint density at radius 1 is 1.26 bits per heavy atom. The van der Waals surface area contributed by atoms with E-state index in [0.29, 0.717) is 0 Å². The first kappa shape index (κ1) is 12.9. The van der Waals surface area contributed by atoms with Gasteiger partial charge in [0.25, 0.3) is 0 Å². The minimum absolute atomic E-state index is 0.130. The van der Waals surface area contributed by atoms with Crippen LogP contribution in [0, 0.1) is 5.82 Å². The summed E-state index contributed by atoms with van der Waals surface area (Å²) in [6, 6.07) is 5.84. The van der Waals surface area contributed by atoms with E-state index < -0.39 is 12.4 Å². The van der Waals surface area contributed by atoms with E-state index in [4.69, 9.17) is 5.73 Å². The molecule has 0 bridgehead atoms. The van der Waals surface area contributed by atoms with Crippen LogP contribution in [-0.2, 0) is 0 Å². The normalized spacial score (nSPS) is 10.5. The Kier molecular flexibility index (Phi) is 3.69. The quantitative estimate of drug-likeness (QED) is 0.893. The third-order valence-corrected chi connectivity index (χ3v) is 2.12. The first-order chi connectivity index (χ1) is 9.06. The lowest BCUT2D eigenvalue weighted by Gasteiger charge is -2.12. The second-order valence-electron chi connectivity index (χ2n) is 3.42. The van der Waals surface area contributed by atoms with Crippen LogP contribution in [0.4, 0.5) is 30.6 Å². The predicted molar refractivity (Wildman–Crippen MR) is 62.8 cm³/mol. The molecule has 0 unspecified atom stereocenters. The van der Waals surface area contributed by atoms with Gasteiger partial charge < -0.3 is 15.8 Å². The van der Waals surface area contributed by atoms with Crippen molar-refractivity contribution in [2.45, 2.75) is 6.61 Å². The molecule has 0 aliphatic rings. The van der Waals surface area contributed by atoms with Gasteiger partial charge in [-0.25, -0.2) is 9.37 Å². The van der Waals surface area contributed by atoms with E-state index in [9.17, 15) is 13.2 Å². The van der Waals surface area contributed by atoms with E-state index in [1.807, 2.05) is 0 Å². The zero-order chi connectivity index (χ0) is 13.8. The Labute approximate surface area is 106 Å². The molecule has 0 spiro atoms. The van der Waals surface area contributed by atoms with Gasteiger partial charge >= 0.3 is 6.61 Å². The molecule has 0 aliphatic heterocycles. The fourth-order valence-corrected chi connectivity index (χ4v) is 1.36. The van der Waals surface area contributed by atoms with Crippen LogP contribution < -0.4 is 15.8 Å². The number of rotatable bonds is 4. The number of nitrogens with one attached hydrogen (secondary N) is 1. The van der Waals surface area contributed by atoms with Crippen LogP contribution in [0.15, 0.2) is 30.5 Å². The molecular weight excluding hydrogens is 261 g/mol. The monoisotopic (exact) mass is 270 g/mol. The molecule has 0 fully saturated rings. The van der Waals surface area contributed by atoms with Crippen molar-refractivity contribution in [2.75, 3.05) is 11.1 Å². The fraction of sp³-hybridized carbons (Fsp3) is 0.0909. The van der Waals surface area contributed by atoms with Gasteiger partial charge in [0.05, 0.1) is 11.9 Å². The second-order valence-corrected chi connectivity index (χ2v) is 3.42. The summed E-state index contributed by atoms with van der Waals surface area (Å²) in [6.07, 6.45) is 0.876. The van der Waals surface area contributed by atoms with Gasteiger partial charge in [0.1, 0.15) is 5.75 Å². The van der Waals surface area contributed by atoms with E-state index in [-0.39, 0.29) is 23.2 Å². The number of halogens is 3. The number of aromatic nitrogens is 2. The highest BCUT2D eigenvalue weighted by Crippen LogP contribution is 2.28. The third kappa shape index (κ3) is 3.24.